The van der Waals surface area contributed by atoms with Gasteiger partial charge in [-0.2, -0.15) is 0 Å². The van der Waals surface area contributed by atoms with Crippen molar-refractivity contribution in [1.29, 1.82) is 0 Å². The molecular formula is C23H32O5. The number of carbonyl (C=O) groups is 2. The van der Waals surface area contributed by atoms with E-state index in [1.54, 1.807) is 0 Å². The number of ether oxygens (including phenoxy) is 2. The lowest BCUT2D eigenvalue weighted by Crippen LogP contribution is -2.06. The zero-order valence-corrected chi connectivity index (χ0v) is 16.9. The Morgan fingerprint density at radius 2 is 1.71 bits per heavy atom. The van der Waals surface area contributed by atoms with E-state index in [1.807, 2.05) is 12.1 Å². The molecule has 1 aliphatic rings. The van der Waals surface area contributed by atoms with E-state index in [-0.39, 0.29) is 17.9 Å². The standard InChI is InChI=1S/C23H32O5/c1-2-3-4-5-7-10-18-12-14-19(15-13-18)27-16-9-6-8-11-20(24)22-21(25)17-28-23(22)26/h12-15,24H,2-11,16-17H2,1H3. The van der Waals surface area contributed by atoms with Crippen molar-refractivity contribution in [2.24, 2.45) is 0 Å². The Hall–Kier alpha value is -2.30. The van der Waals surface area contributed by atoms with Crippen LogP contribution in [-0.4, -0.2) is 30.1 Å². The minimum atomic E-state index is -0.713. The molecule has 154 valence electrons. The SMILES string of the molecule is CCCCCCCc1ccc(OCCCCCC(O)=C2C(=O)COC2=O)cc1. The first kappa shape index (κ1) is 22.0. The zero-order chi connectivity index (χ0) is 20.2. The lowest BCUT2D eigenvalue weighted by atomic mass is 10.1. The zero-order valence-electron chi connectivity index (χ0n) is 16.9. The molecule has 0 atom stereocenters. The highest BCUT2D eigenvalue weighted by Crippen LogP contribution is 2.19. The lowest BCUT2D eigenvalue weighted by Gasteiger charge is -2.08. The monoisotopic (exact) mass is 388 g/mol. The van der Waals surface area contributed by atoms with Gasteiger partial charge in [-0.15, -0.1) is 0 Å². The highest BCUT2D eigenvalue weighted by Gasteiger charge is 2.31. The van der Waals surface area contributed by atoms with Crippen LogP contribution in [-0.2, 0) is 20.7 Å². The Bertz CT molecular complexity index is 642. The minimum Gasteiger partial charge on any atom is -0.511 e. The van der Waals surface area contributed by atoms with Crippen molar-refractivity contribution in [3.8, 4) is 5.75 Å². The highest BCUT2D eigenvalue weighted by molar-refractivity contribution is 6.22. The summed E-state index contributed by atoms with van der Waals surface area (Å²) in [6, 6.07) is 8.32. The van der Waals surface area contributed by atoms with Crippen molar-refractivity contribution >= 4 is 11.8 Å². The summed E-state index contributed by atoms with van der Waals surface area (Å²) in [6.45, 7) is 2.58. The van der Waals surface area contributed by atoms with Crippen molar-refractivity contribution in [3.05, 3.63) is 41.2 Å². The molecule has 5 nitrogen and oxygen atoms in total. The van der Waals surface area contributed by atoms with Crippen molar-refractivity contribution in [3.63, 3.8) is 0 Å². The van der Waals surface area contributed by atoms with Crippen molar-refractivity contribution in [1.82, 2.24) is 0 Å². The van der Waals surface area contributed by atoms with Crippen LogP contribution in [0.25, 0.3) is 0 Å². The van der Waals surface area contributed by atoms with Gasteiger partial charge in [0.2, 0.25) is 5.78 Å². The van der Waals surface area contributed by atoms with E-state index in [0.717, 1.165) is 25.0 Å². The van der Waals surface area contributed by atoms with Gasteiger partial charge in [0.15, 0.2) is 6.61 Å². The maximum absolute atomic E-state index is 11.5. The van der Waals surface area contributed by atoms with Gasteiger partial charge in [0.25, 0.3) is 0 Å². The first-order valence-corrected chi connectivity index (χ1v) is 10.5. The average Bonchev–Trinajstić information content (AvgIpc) is 3.03. The fourth-order valence-electron chi connectivity index (χ4n) is 3.24. The van der Waals surface area contributed by atoms with Gasteiger partial charge in [-0.25, -0.2) is 4.79 Å². The molecule has 0 spiro atoms. The predicted octanol–water partition coefficient (Wildman–Crippen LogP) is 5.08. The summed E-state index contributed by atoms with van der Waals surface area (Å²) >= 11 is 0. The number of benzene rings is 1. The summed E-state index contributed by atoms with van der Waals surface area (Å²) in [5.41, 5.74) is 1.18. The summed E-state index contributed by atoms with van der Waals surface area (Å²) in [5.74, 6) is -0.428. The van der Waals surface area contributed by atoms with E-state index in [1.165, 1.54) is 37.7 Å². The first-order chi connectivity index (χ1) is 13.6. The summed E-state index contributed by atoms with van der Waals surface area (Å²) in [5, 5.41) is 9.88. The number of carbonyl (C=O) groups excluding carboxylic acids is 2. The number of ketones is 1. The number of unbranched alkanes of at least 4 members (excludes halogenated alkanes) is 6. The van der Waals surface area contributed by atoms with Crippen molar-refractivity contribution in [2.45, 2.75) is 71.1 Å². The van der Waals surface area contributed by atoms with Gasteiger partial charge in [-0.05, 0) is 49.8 Å². The Kier molecular flexibility index (Phi) is 9.60. The summed E-state index contributed by atoms with van der Waals surface area (Å²) in [6.07, 6.45) is 10.3. The molecule has 0 amide bonds. The van der Waals surface area contributed by atoms with Crippen LogP contribution < -0.4 is 4.74 Å². The number of cyclic esters (lactones) is 1. The number of aliphatic hydroxyl groups excluding tert-OH is 1. The van der Waals surface area contributed by atoms with Gasteiger partial charge >= 0.3 is 5.97 Å². The largest absolute Gasteiger partial charge is 0.511 e. The summed E-state index contributed by atoms with van der Waals surface area (Å²) in [4.78, 5) is 22.8. The number of hydrogen-bond acceptors (Lipinski definition) is 5. The first-order valence-electron chi connectivity index (χ1n) is 10.5. The third kappa shape index (κ3) is 7.37. The summed E-state index contributed by atoms with van der Waals surface area (Å²) < 4.78 is 10.4. The molecular weight excluding hydrogens is 356 g/mol. The third-order valence-electron chi connectivity index (χ3n) is 4.92. The number of hydrogen-bond donors (Lipinski definition) is 1. The normalized spacial score (nSPS) is 15.6. The topological polar surface area (TPSA) is 72.8 Å². The van der Waals surface area contributed by atoms with E-state index in [9.17, 15) is 14.7 Å². The predicted molar refractivity (Wildman–Crippen MR) is 108 cm³/mol. The van der Waals surface area contributed by atoms with Gasteiger partial charge in [0, 0.05) is 6.42 Å². The van der Waals surface area contributed by atoms with E-state index >= 15 is 0 Å². The number of allylic oxidation sites excluding steroid dienone is 1. The molecule has 1 saturated heterocycles. The van der Waals surface area contributed by atoms with Gasteiger partial charge in [-0.3, -0.25) is 4.79 Å². The van der Waals surface area contributed by atoms with Gasteiger partial charge in [-0.1, -0.05) is 44.7 Å². The molecule has 1 heterocycles. The molecule has 0 bridgehead atoms. The second-order valence-corrected chi connectivity index (χ2v) is 7.29. The van der Waals surface area contributed by atoms with Gasteiger partial charge in [0.05, 0.1) is 6.61 Å². The van der Waals surface area contributed by atoms with E-state index < -0.39 is 11.8 Å². The minimum absolute atomic E-state index is 0.154. The van der Waals surface area contributed by atoms with Crippen LogP contribution in [0.15, 0.2) is 35.6 Å². The smallest absolute Gasteiger partial charge is 0.345 e. The van der Waals surface area contributed by atoms with Crippen LogP contribution >= 0.6 is 0 Å². The molecule has 0 unspecified atom stereocenters. The Morgan fingerprint density at radius 3 is 2.39 bits per heavy atom. The molecule has 28 heavy (non-hydrogen) atoms. The van der Waals surface area contributed by atoms with Gasteiger partial charge in [0.1, 0.15) is 17.1 Å². The molecule has 2 rings (SSSR count). The van der Waals surface area contributed by atoms with E-state index in [4.69, 9.17) is 4.74 Å². The Labute approximate surface area is 167 Å². The fraction of sp³-hybridized carbons (Fsp3) is 0.565. The second-order valence-electron chi connectivity index (χ2n) is 7.29. The number of rotatable bonds is 13. The molecule has 0 aliphatic carbocycles. The lowest BCUT2D eigenvalue weighted by molar-refractivity contribution is -0.135. The molecule has 1 aromatic rings. The van der Waals surface area contributed by atoms with Crippen LogP contribution in [0.1, 0.15) is 70.3 Å². The third-order valence-corrected chi connectivity index (χ3v) is 4.92. The van der Waals surface area contributed by atoms with Crippen LogP contribution in [0, 0.1) is 0 Å². The number of esters is 1. The molecule has 1 fully saturated rings. The van der Waals surface area contributed by atoms with Crippen LogP contribution in [0.5, 0.6) is 5.75 Å². The number of aliphatic hydroxyl groups is 1. The Morgan fingerprint density at radius 1 is 1.00 bits per heavy atom. The maximum atomic E-state index is 11.5. The Balaban J connectivity index is 1.57. The van der Waals surface area contributed by atoms with E-state index in [2.05, 4.69) is 23.8 Å². The van der Waals surface area contributed by atoms with Gasteiger partial charge < -0.3 is 14.6 Å². The van der Waals surface area contributed by atoms with Crippen molar-refractivity contribution in [2.75, 3.05) is 13.2 Å². The van der Waals surface area contributed by atoms with Crippen molar-refractivity contribution < 1.29 is 24.2 Å². The van der Waals surface area contributed by atoms with Crippen LogP contribution in [0.2, 0.25) is 0 Å². The molecule has 0 radical (unpaired) electrons. The maximum Gasteiger partial charge on any atom is 0.345 e. The molecule has 0 saturated carbocycles. The molecule has 5 heteroatoms. The van der Waals surface area contributed by atoms with Crippen LogP contribution in [0.3, 0.4) is 0 Å². The molecule has 1 aliphatic heterocycles. The fourth-order valence-corrected chi connectivity index (χ4v) is 3.24. The highest BCUT2D eigenvalue weighted by atomic mass is 16.5. The molecule has 0 aromatic heterocycles. The number of Topliss-reactive ketones (excluding diaryl/α,β-unsaturated/α-hetero) is 1. The number of aryl methyl sites for hydroxylation is 1. The molecule has 1 aromatic carbocycles. The molecule has 1 N–H and O–H groups in total. The summed E-state index contributed by atoms with van der Waals surface area (Å²) in [7, 11) is 0. The quantitative estimate of drug-likeness (QED) is 0.168. The second kappa shape index (κ2) is 12.2. The van der Waals surface area contributed by atoms with Crippen LogP contribution in [0.4, 0.5) is 0 Å². The average molecular weight is 389 g/mol. The van der Waals surface area contributed by atoms with E-state index in [0.29, 0.717) is 19.4 Å².